The fraction of sp³-hybridized carbons (Fsp3) is 0.308. The van der Waals surface area contributed by atoms with E-state index in [1.54, 1.807) is 11.0 Å². The zero-order chi connectivity index (χ0) is 14.3. The Bertz CT molecular complexity index is 711. The third-order valence-electron chi connectivity index (χ3n) is 3.03. The molecule has 1 amide bonds. The molecule has 20 heavy (non-hydrogen) atoms. The Morgan fingerprint density at radius 2 is 2.25 bits per heavy atom. The molecule has 102 valence electrons. The van der Waals surface area contributed by atoms with Crippen LogP contribution in [0, 0.1) is 11.3 Å². The second kappa shape index (κ2) is 4.58. The number of nitrogens with zero attached hydrogens (tertiary/aromatic N) is 3. The molecular formula is C13H11N3O2S2. The van der Waals surface area contributed by atoms with Gasteiger partial charge in [0, 0.05) is 16.3 Å². The number of cyclic esters (lactones) is 1. The van der Waals surface area contributed by atoms with Crippen LogP contribution in [0.25, 0.3) is 11.3 Å². The molecule has 5 nitrogen and oxygen atoms in total. The Hall–Kier alpha value is -1.91. The second-order valence-electron chi connectivity index (χ2n) is 5.03. The van der Waals surface area contributed by atoms with Gasteiger partial charge in [-0.25, -0.2) is 14.7 Å². The number of ether oxygens (including phenoxy) is 1. The van der Waals surface area contributed by atoms with Gasteiger partial charge < -0.3 is 4.74 Å². The van der Waals surface area contributed by atoms with Crippen LogP contribution >= 0.6 is 22.7 Å². The molecule has 1 saturated heterocycles. The summed E-state index contributed by atoms with van der Waals surface area (Å²) >= 11 is 2.78. The molecule has 2 aromatic heterocycles. The molecule has 3 rings (SSSR count). The van der Waals surface area contributed by atoms with Crippen molar-refractivity contribution < 1.29 is 9.53 Å². The molecule has 2 aromatic rings. The van der Waals surface area contributed by atoms with Gasteiger partial charge in [-0.05, 0) is 19.9 Å². The largest absolute Gasteiger partial charge is 0.447 e. The highest BCUT2D eigenvalue weighted by atomic mass is 32.1. The molecule has 0 bridgehead atoms. The van der Waals surface area contributed by atoms with Gasteiger partial charge in [0.2, 0.25) is 0 Å². The molecule has 1 aliphatic heterocycles. The minimum Gasteiger partial charge on any atom is -0.447 e. The van der Waals surface area contributed by atoms with Gasteiger partial charge in [0.1, 0.15) is 17.6 Å². The number of anilines is 1. The molecule has 7 heteroatoms. The highest BCUT2D eigenvalue weighted by Gasteiger charge is 2.42. The summed E-state index contributed by atoms with van der Waals surface area (Å²) in [6.07, 6.45) is -0.362. The normalized spacial score (nSPS) is 17.1. The average molecular weight is 305 g/mol. The molecule has 0 N–H and O–H groups in total. The Morgan fingerprint density at radius 1 is 1.45 bits per heavy atom. The average Bonchev–Trinajstić information content (AvgIpc) is 3.08. The van der Waals surface area contributed by atoms with E-state index in [-0.39, 0.29) is 6.09 Å². The summed E-state index contributed by atoms with van der Waals surface area (Å²) in [6.45, 7) is 4.24. The van der Waals surface area contributed by atoms with Gasteiger partial charge in [0.15, 0.2) is 5.13 Å². The molecule has 1 fully saturated rings. The summed E-state index contributed by atoms with van der Waals surface area (Å²) < 4.78 is 5.08. The molecule has 1 aliphatic rings. The summed E-state index contributed by atoms with van der Waals surface area (Å²) in [6, 6.07) is 3.91. The Balaban J connectivity index is 1.94. The Kier molecular flexibility index (Phi) is 3.00. The van der Waals surface area contributed by atoms with Gasteiger partial charge in [0.25, 0.3) is 0 Å². The highest BCUT2D eigenvalue weighted by Crippen LogP contribution is 2.35. The van der Waals surface area contributed by atoms with Crippen LogP contribution in [-0.2, 0) is 4.74 Å². The number of aromatic nitrogens is 1. The van der Waals surface area contributed by atoms with Crippen LogP contribution in [0.4, 0.5) is 9.93 Å². The van der Waals surface area contributed by atoms with Crippen LogP contribution in [0.1, 0.15) is 18.7 Å². The van der Waals surface area contributed by atoms with E-state index >= 15 is 0 Å². The third-order valence-corrected chi connectivity index (χ3v) is 4.69. The summed E-state index contributed by atoms with van der Waals surface area (Å²) in [4.78, 5) is 18.5. The quantitative estimate of drug-likeness (QED) is 0.852. The lowest BCUT2D eigenvalue weighted by atomic mass is 10.1. The minimum atomic E-state index is -0.390. The van der Waals surface area contributed by atoms with Crippen molar-refractivity contribution in [2.75, 3.05) is 11.5 Å². The number of carbonyl (C=O) groups excluding carboxylic acids is 1. The highest BCUT2D eigenvalue weighted by molar-refractivity contribution is 7.14. The van der Waals surface area contributed by atoms with E-state index in [2.05, 4.69) is 11.1 Å². The van der Waals surface area contributed by atoms with Crippen molar-refractivity contribution >= 4 is 33.9 Å². The lowest BCUT2D eigenvalue weighted by Gasteiger charge is -2.24. The lowest BCUT2D eigenvalue weighted by molar-refractivity contribution is 0.175. The molecule has 0 aliphatic carbocycles. The molecule has 0 atom stereocenters. The summed E-state index contributed by atoms with van der Waals surface area (Å²) in [5.41, 5.74) is 1.29. The zero-order valence-corrected chi connectivity index (χ0v) is 12.5. The van der Waals surface area contributed by atoms with Crippen molar-refractivity contribution in [1.29, 1.82) is 5.26 Å². The van der Waals surface area contributed by atoms with E-state index in [0.717, 1.165) is 11.3 Å². The molecule has 3 heterocycles. The van der Waals surface area contributed by atoms with E-state index in [1.165, 1.54) is 22.7 Å². The number of carbonyl (C=O) groups is 1. The van der Waals surface area contributed by atoms with E-state index < -0.39 is 5.54 Å². The molecule has 0 radical (unpaired) electrons. The lowest BCUT2D eigenvalue weighted by Crippen LogP contribution is -2.42. The van der Waals surface area contributed by atoms with Crippen LogP contribution in [-0.4, -0.2) is 23.2 Å². The van der Waals surface area contributed by atoms with Crippen LogP contribution < -0.4 is 4.90 Å². The van der Waals surface area contributed by atoms with Crippen molar-refractivity contribution in [2.24, 2.45) is 0 Å². The molecule has 0 saturated carbocycles. The van der Waals surface area contributed by atoms with E-state index in [4.69, 9.17) is 10.00 Å². The van der Waals surface area contributed by atoms with Gasteiger partial charge in [-0.1, -0.05) is 0 Å². The van der Waals surface area contributed by atoms with Gasteiger partial charge in [-0.3, -0.25) is 0 Å². The molecule has 0 spiro atoms. The Morgan fingerprint density at radius 3 is 2.85 bits per heavy atom. The molecule has 0 aromatic carbocycles. The van der Waals surface area contributed by atoms with Gasteiger partial charge in [-0.15, -0.1) is 22.7 Å². The van der Waals surface area contributed by atoms with Crippen molar-refractivity contribution in [3.05, 3.63) is 21.7 Å². The fourth-order valence-corrected chi connectivity index (χ4v) is 3.65. The SMILES string of the molecule is CC1(C)COC(=O)N1c1nc(-c2csc(C#N)c2)cs1. The van der Waals surface area contributed by atoms with E-state index in [9.17, 15) is 4.79 Å². The number of thiophene rings is 1. The maximum absolute atomic E-state index is 11.8. The number of hydrogen-bond acceptors (Lipinski definition) is 6. The van der Waals surface area contributed by atoms with Crippen molar-refractivity contribution in [2.45, 2.75) is 19.4 Å². The van der Waals surface area contributed by atoms with Gasteiger partial charge >= 0.3 is 6.09 Å². The van der Waals surface area contributed by atoms with Crippen molar-refractivity contribution in [3.63, 3.8) is 0 Å². The number of amides is 1. The standard InChI is InChI=1S/C13H11N3O2S2/c1-13(2)7-18-12(17)16(13)11-15-10(6-20-11)8-3-9(4-14)19-5-8/h3,5-6H,7H2,1-2H3. The fourth-order valence-electron chi connectivity index (χ4n) is 1.98. The summed E-state index contributed by atoms with van der Waals surface area (Å²) in [7, 11) is 0. The van der Waals surface area contributed by atoms with E-state index in [1.807, 2.05) is 24.6 Å². The maximum Gasteiger partial charge on any atom is 0.416 e. The van der Waals surface area contributed by atoms with E-state index in [0.29, 0.717) is 16.6 Å². The zero-order valence-electron chi connectivity index (χ0n) is 10.9. The van der Waals surface area contributed by atoms with Gasteiger partial charge in [0.05, 0.1) is 11.2 Å². The first kappa shape index (κ1) is 13.1. The summed E-state index contributed by atoms with van der Waals surface area (Å²) in [5.74, 6) is 0. The van der Waals surface area contributed by atoms with Crippen LogP contribution in [0.2, 0.25) is 0 Å². The van der Waals surface area contributed by atoms with Gasteiger partial charge in [-0.2, -0.15) is 5.26 Å². The maximum atomic E-state index is 11.8. The topological polar surface area (TPSA) is 66.2 Å². The number of rotatable bonds is 2. The Labute approximate surface area is 124 Å². The van der Waals surface area contributed by atoms with Crippen LogP contribution in [0.3, 0.4) is 0 Å². The van der Waals surface area contributed by atoms with Crippen molar-refractivity contribution in [3.8, 4) is 17.3 Å². The number of thiazole rings is 1. The predicted octanol–water partition coefficient (Wildman–Crippen LogP) is 3.48. The number of hydrogen-bond donors (Lipinski definition) is 0. The minimum absolute atomic E-state index is 0.359. The smallest absolute Gasteiger partial charge is 0.416 e. The van der Waals surface area contributed by atoms with Crippen LogP contribution in [0.15, 0.2) is 16.8 Å². The number of nitriles is 1. The first-order valence-corrected chi connectivity index (χ1v) is 7.69. The molecular weight excluding hydrogens is 294 g/mol. The van der Waals surface area contributed by atoms with Crippen molar-refractivity contribution in [1.82, 2.24) is 4.98 Å². The summed E-state index contributed by atoms with van der Waals surface area (Å²) in [5, 5.41) is 13.3. The predicted molar refractivity (Wildman–Crippen MR) is 78.0 cm³/mol. The monoisotopic (exact) mass is 305 g/mol. The first-order valence-electron chi connectivity index (χ1n) is 5.93. The first-order chi connectivity index (χ1) is 9.51. The van der Waals surface area contributed by atoms with Crippen LogP contribution in [0.5, 0.6) is 0 Å². The molecule has 0 unspecified atom stereocenters. The third kappa shape index (κ3) is 2.07. The second-order valence-corrected chi connectivity index (χ2v) is 6.78.